The van der Waals surface area contributed by atoms with Crippen LogP contribution in [0.3, 0.4) is 0 Å². The number of sulfone groups is 2. The van der Waals surface area contributed by atoms with Crippen molar-refractivity contribution in [3.63, 3.8) is 0 Å². The lowest BCUT2D eigenvalue weighted by Gasteiger charge is -2.35. The van der Waals surface area contributed by atoms with Crippen molar-refractivity contribution in [1.29, 1.82) is 0 Å². The van der Waals surface area contributed by atoms with E-state index in [0.717, 1.165) is 13.1 Å². The highest BCUT2D eigenvalue weighted by Crippen LogP contribution is 2.25. The summed E-state index contributed by atoms with van der Waals surface area (Å²) in [7, 11) is -7.40. The molecule has 282 valence electrons. The van der Waals surface area contributed by atoms with E-state index in [4.69, 9.17) is 14.6 Å². The fourth-order valence-corrected chi connectivity index (χ4v) is 8.44. The van der Waals surface area contributed by atoms with Crippen LogP contribution in [0.1, 0.15) is 57.8 Å². The van der Waals surface area contributed by atoms with Crippen molar-refractivity contribution in [3.05, 3.63) is 71.0 Å². The number of likely N-dealkylation sites (tertiary alicyclic amines) is 2. The van der Waals surface area contributed by atoms with E-state index in [0.29, 0.717) is 63.0 Å². The molecule has 0 radical (unpaired) electrons. The summed E-state index contributed by atoms with van der Waals surface area (Å²) in [4.78, 5) is 26.9. The Morgan fingerprint density at radius 1 is 0.685 bits per heavy atom. The highest BCUT2D eigenvalue weighted by molar-refractivity contribution is 7.96. The average molecular weight is 779 g/mol. The molecule has 0 unspecified atom stereocenters. The number of nitrogens with zero attached hydrogens (tertiary/aromatic N) is 6. The number of aromatic nitrogens is 6. The van der Waals surface area contributed by atoms with Gasteiger partial charge < -0.3 is 29.5 Å². The third-order valence-electron chi connectivity index (χ3n) is 8.93. The third-order valence-corrected chi connectivity index (χ3v) is 12.4. The summed E-state index contributed by atoms with van der Waals surface area (Å²) in [6.07, 6.45) is 1.77. The summed E-state index contributed by atoms with van der Waals surface area (Å²) in [5.74, 6) is 2.90. The van der Waals surface area contributed by atoms with Gasteiger partial charge in [-0.05, 0) is 100 Å². The van der Waals surface area contributed by atoms with Gasteiger partial charge in [-0.25, -0.2) is 36.6 Å². The van der Waals surface area contributed by atoms with Crippen LogP contribution in [0.25, 0.3) is 0 Å². The second kappa shape index (κ2) is 16.5. The Kier molecular flexibility index (Phi) is 11.6. The Balaban J connectivity index is 0.926. The third kappa shape index (κ3) is 9.59. The number of piperidine rings is 2. The molecule has 0 amide bonds. The highest BCUT2D eigenvalue weighted by atomic mass is 32.2. The van der Waals surface area contributed by atoms with E-state index in [1.54, 1.807) is 30.3 Å². The number of benzene rings is 2. The van der Waals surface area contributed by atoms with Crippen molar-refractivity contribution in [2.45, 2.75) is 36.2 Å². The standard InChI is InChI=1S/C34H34N8O10S2/c43-33(44)29-31(37-39-35-29)51-25-6-4-23(5-7-25)12-20-53(47,48)27-8-14-41(15-9-27)18-19-42-16-10-28(11-17-42)54(49,50)21-13-24-2-1-3-26(22-24)52-32-30(34(45)46)36-40-38-32/h1-7,22,27-28H,8-11,14-19H2,(H,43,44)(H,45,46)(H,35,37,39)(H,36,38,40). The molecule has 4 aromatic rings. The van der Waals surface area contributed by atoms with E-state index in [-0.39, 0.29) is 34.6 Å². The minimum Gasteiger partial charge on any atom is -0.476 e. The maximum Gasteiger partial charge on any atom is 0.359 e. The fraction of sp³-hybridized carbons (Fsp3) is 0.353. The van der Waals surface area contributed by atoms with Gasteiger partial charge in [0.2, 0.25) is 31.1 Å². The average Bonchev–Trinajstić information content (AvgIpc) is 3.84. The Hall–Kier alpha value is -5.80. The maximum atomic E-state index is 13.1. The number of nitrogens with one attached hydrogen (secondary N) is 2. The second-order valence-electron chi connectivity index (χ2n) is 12.5. The van der Waals surface area contributed by atoms with Crippen LogP contribution >= 0.6 is 0 Å². The van der Waals surface area contributed by atoms with Crippen LogP contribution in [0.4, 0.5) is 0 Å². The largest absolute Gasteiger partial charge is 0.476 e. The van der Waals surface area contributed by atoms with Crippen LogP contribution in [0.5, 0.6) is 23.3 Å². The number of aromatic carboxylic acids is 2. The maximum absolute atomic E-state index is 13.1. The molecule has 20 heteroatoms. The normalized spacial score (nSPS) is 16.1. The van der Waals surface area contributed by atoms with Gasteiger partial charge in [-0.15, -0.1) is 0 Å². The molecular weight excluding hydrogens is 745 g/mol. The number of carbonyl (C=O) groups is 2. The van der Waals surface area contributed by atoms with E-state index in [2.05, 4.69) is 63.0 Å². The van der Waals surface area contributed by atoms with Crippen LogP contribution in [0.2, 0.25) is 0 Å². The van der Waals surface area contributed by atoms with E-state index < -0.39 is 42.1 Å². The van der Waals surface area contributed by atoms with Crippen molar-refractivity contribution in [2.24, 2.45) is 0 Å². The smallest absolute Gasteiger partial charge is 0.359 e. The number of rotatable bonds is 11. The summed E-state index contributed by atoms with van der Waals surface area (Å²) < 4.78 is 63.1. The number of hydrogen-bond donors (Lipinski definition) is 4. The van der Waals surface area contributed by atoms with Gasteiger partial charge in [-0.3, -0.25) is 0 Å². The Labute approximate surface area is 309 Å². The summed E-state index contributed by atoms with van der Waals surface area (Å²) in [5, 5.41) is 40.5. The fourth-order valence-electron chi connectivity index (χ4n) is 5.92. The predicted molar refractivity (Wildman–Crippen MR) is 190 cm³/mol. The molecule has 18 nitrogen and oxygen atoms in total. The van der Waals surface area contributed by atoms with Crippen molar-refractivity contribution in [2.75, 3.05) is 39.3 Å². The summed E-state index contributed by atoms with van der Waals surface area (Å²) in [5.41, 5.74) is 0.203. The molecule has 2 aromatic carbocycles. The van der Waals surface area contributed by atoms with Crippen LogP contribution in [-0.2, 0) is 19.7 Å². The predicted octanol–water partition coefficient (Wildman–Crippen LogP) is 1.98. The molecule has 4 heterocycles. The lowest BCUT2D eigenvalue weighted by Crippen LogP contribution is -2.45. The molecule has 0 aliphatic carbocycles. The molecule has 4 N–H and O–H groups in total. The van der Waals surface area contributed by atoms with E-state index in [9.17, 15) is 31.5 Å². The molecule has 2 aromatic heterocycles. The van der Waals surface area contributed by atoms with Crippen LogP contribution in [0, 0.1) is 22.3 Å². The Morgan fingerprint density at radius 2 is 1.15 bits per heavy atom. The minimum atomic E-state index is -3.72. The minimum absolute atomic E-state index is 0.202. The summed E-state index contributed by atoms with van der Waals surface area (Å²) >= 11 is 0. The Morgan fingerprint density at radius 3 is 1.63 bits per heavy atom. The molecule has 6 rings (SSSR count). The first-order valence-corrected chi connectivity index (χ1v) is 19.8. The van der Waals surface area contributed by atoms with Crippen LogP contribution in [-0.4, -0.2) is 129 Å². The topological polar surface area (TPSA) is 251 Å². The van der Waals surface area contributed by atoms with Gasteiger partial charge >= 0.3 is 11.9 Å². The molecule has 0 spiro atoms. The van der Waals surface area contributed by atoms with Gasteiger partial charge in [0.1, 0.15) is 11.5 Å². The van der Waals surface area contributed by atoms with E-state index in [1.807, 2.05) is 0 Å². The van der Waals surface area contributed by atoms with Gasteiger partial charge in [-0.1, -0.05) is 32.6 Å². The molecule has 54 heavy (non-hydrogen) atoms. The van der Waals surface area contributed by atoms with Gasteiger partial charge in [0, 0.05) is 34.7 Å². The van der Waals surface area contributed by atoms with Crippen LogP contribution < -0.4 is 9.47 Å². The van der Waals surface area contributed by atoms with E-state index >= 15 is 0 Å². The zero-order valence-electron chi connectivity index (χ0n) is 28.5. The summed E-state index contributed by atoms with van der Waals surface area (Å²) in [6.45, 7) is 3.85. The second-order valence-corrected chi connectivity index (χ2v) is 16.4. The molecule has 2 fully saturated rings. The van der Waals surface area contributed by atoms with Crippen molar-refractivity contribution in [1.82, 2.24) is 40.6 Å². The molecule has 0 atom stereocenters. The molecular formula is C34H34N8O10S2. The van der Waals surface area contributed by atoms with Crippen molar-refractivity contribution >= 4 is 31.6 Å². The van der Waals surface area contributed by atoms with Gasteiger partial charge in [0.05, 0.1) is 10.5 Å². The molecule has 2 aliphatic heterocycles. The molecule has 0 saturated carbocycles. The zero-order chi connectivity index (χ0) is 38.3. The highest BCUT2D eigenvalue weighted by Gasteiger charge is 2.31. The number of H-pyrrole nitrogens is 2. The number of aromatic amines is 2. The number of ether oxygens (including phenoxy) is 2. The van der Waals surface area contributed by atoms with Gasteiger partial charge in [-0.2, -0.15) is 0 Å². The molecule has 2 saturated heterocycles. The van der Waals surface area contributed by atoms with E-state index in [1.165, 1.54) is 18.2 Å². The van der Waals surface area contributed by atoms with Crippen molar-refractivity contribution < 1.29 is 46.1 Å². The number of carboxylic acids is 2. The summed E-state index contributed by atoms with van der Waals surface area (Å²) in [6, 6.07) is 12.4. The lowest BCUT2D eigenvalue weighted by atomic mass is 10.1. The quantitative estimate of drug-likeness (QED) is 0.159. The first-order valence-electron chi connectivity index (χ1n) is 16.7. The molecule has 2 aliphatic rings. The monoisotopic (exact) mass is 778 g/mol. The van der Waals surface area contributed by atoms with Crippen LogP contribution in [0.15, 0.2) is 48.5 Å². The first kappa shape index (κ1) is 37.9. The Bertz CT molecular complexity index is 2340. The zero-order valence-corrected chi connectivity index (χ0v) is 30.1. The lowest BCUT2D eigenvalue weighted by molar-refractivity contribution is 0.0676. The van der Waals surface area contributed by atoms with Crippen molar-refractivity contribution in [3.8, 4) is 45.6 Å². The molecule has 0 bridgehead atoms. The number of carboxylic acid groups (broad SMARTS) is 2. The van der Waals surface area contributed by atoms with Gasteiger partial charge in [0.15, 0.2) is 0 Å². The van der Waals surface area contributed by atoms with Gasteiger partial charge in [0.25, 0.3) is 11.8 Å². The SMILES string of the molecule is O=C(O)c1[nH]nnc1Oc1ccc(C#CS(=O)(=O)C2CCN(CCN3CCC(S(=O)(=O)C#Cc4cccc(Oc5nn[nH]c5C(=O)O)c4)CC3)CC2)cc1. The first-order chi connectivity index (χ1) is 25.9. The number of hydrogen-bond acceptors (Lipinski definition) is 14.